The van der Waals surface area contributed by atoms with Crippen molar-refractivity contribution in [3.05, 3.63) is 20.8 Å². The molecule has 1 aliphatic heterocycles. The molecule has 10 nitrogen and oxygen atoms in total. The summed E-state index contributed by atoms with van der Waals surface area (Å²) in [4.78, 5) is 31.3. The van der Waals surface area contributed by atoms with Gasteiger partial charge in [0, 0.05) is 13.0 Å². The number of rotatable bonds is 4. The minimum Gasteiger partial charge on any atom is -0.390 e. The summed E-state index contributed by atoms with van der Waals surface area (Å²) in [6, 6.07) is 0. The van der Waals surface area contributed by atoms with Gasteiger partial charge in [0.2, 0.25) is 5.95 Å². The zero-order valence-electron chi connectivity index (χ0n) is 13.5. The number of fused-ring (bicyclic) bond motifs is 1. The maximum Gasteiger partial charge on any atom is 0.332 e. The zero-order valence-corrected chi connectivity index (χ0v) is 13.5. The second-order valence-electron chi connectivity index (χ2n) is 5.86. The van der Waals surface area contributed by atoms with Crippen LogP contribution in [0, 0.1) is 0 Å². The summed E-state index contributed by atoms with van der Waals surface area (Å²) in [5.74, 6) is -0.132. The van der Waals surface area contributed by atoms with Crippen LogP contribution in [0.25, 0.3) is 11.2 Å². The lowest BCUT2D eigenvalue weighted by atomic mass is 10.1. The maximum atomic E-state index is 12.7. The fraction of sp³-hybridized carbons (Fsp3) is 0.643. The van der Waals surface area contributed by atoms with E-state index in [9.17, 15) is 19.8 Å². The van der Waals surface area contributed by atoms with Crippen LogP contribution in [0.5, 0.6) is 0 Å². The average Bonchev–Trinajstić information content (AvgIpc) is 3.03. The number of hydrogen-bond acceptors (Lipinski definition) is 7. The van der Waals surface area contributed by atoms with Crippen LogP contribution >= 0.6 is 0 Å². The van der Waals surface area contributed by atoms with Crippen molar-refractivity contribution in [3.63, 3.8) is 0 Å². The number of aliphatic hydroxyl groups is 2. The topological polar surface area (TPSA) is 148 Å². The van der Waals surface area contributed by atoms with Crippen molar-refractivity contribution in [1.29, 1.82) is 0 Å². The molecule has 0 saturated carbocycles. The number of nitrogens with one attached hydrogen (secondary N) is 1. The molecule has 4 atom stereocenters. The lowest BCUT2D eigenvalue weighted by Gasteiger charge is -2.18. The van der Waals surface area contributed by atoms with E-state index in [4.69, 9.17) is 10.5 Å². The number of aryl methyl sites for hydroxylation is 1. The van der Waals surface area contributed by atoms with Gasteiger partial charge in [-0.25, -0.2) is 9.36 Å². The van der Waals surface area contributed by atoms with Crippen LogP contribution in [0.4, 0.5) is 5.95 Å². The second kappa shape index (κ2) is 6.04. The summed E-state index contributed by atoms with van der Waals surface area (Å²) >= 11 is 0. The normalized spacial score (nSPS) is 25.4. The van der Waals surface area contributed by atoms with Crippen molar-refractivity contribution in [2.45, 2.75) is 57.8 Å². The highest BCUT2D eigenvalue weighted by Gasteiger charge is 2.40. The molecule has 24 heavy (non-hydrogen) atoms. The molecule has 1 saturated heterocycles. The molecule has 2 aromatic heterocycles. The van der Waals surface area contributed by atoms with Crippen LogP contribution in [0.2, 0.25) is 0 Å². The van der Waals surface area contributed by atoms with Crippen LogP contribution in [-0.2, 0) is 11.3 Å². The maximum absolute atomic E-state index is 12.7. The van der Waals surface area contributed by atoms with E-state index >= 15 is 0 Å². The Balaban J connectivity index is 2.18. The third kappa shape index (κ3) is 2.43. The number of H-pyrrole nitrogens is 1. The number of hydrogen-bond donors (Lipinski definition) is 4. The van der Waals surface area contributed by atoms with E-state index in [0.29, 0.717) is 6.42 Å². The summed E-state index contributed by atoms with van der Waals surface area (Å²) in [7, 11) is 0. The minimum absolute atomic E-state index is 0.0544. The van der Waals surface area contributed by atoms with Crippen molar-refractivity contribution in [3.8, 4) is 0 Å². The molecule has 0 unspecified atom stereocenters. The molecule has 0 spiro atoms. The largest absolute Gasteiger partial charge is 0.390 e. The highest BCUT2D eigenvalue weighted by atomic mass is 16.5. The van der Waals surface area contributed by atoms with Crippen LogP contribution in [0.15, 0.2) is 9.59 Å². The lowest BCUT2D eigenvalue weighted by Crippen LogP contribution is -2.32. The summed E-state index contributed by atoms with van der Waals surface area (Å²) in [5.41, 5.74) is 4.66. The minimum atomic E-state index is -1.03. The molecule has 0 radical (unpaired) electrons. The van der Waals surface area contributed by atoms with Crippen molar-refractivity contribution >= 4 is 17.1 Å². The summed E-state index contributed by atoms with van der Waals surface area (Å²) in [6.45, 7) is 3.77. The first-order valence-corrected chi connectivity index (χ1v) is 7.91. The van der Waals surface area contributed by atoms with Crippen molar-refractivity contribution in [2.75, 3.05) is 5.73 Å². The van der Waals surface area contributed by atoms with Gasteiger partial charge in [0.15, 0.2) is 17.4 Å². The van der Waals surface area contributed by atoms with Crippen LogP contribution < -0.4 is 17.0 Å². The molecule has 3 heterocycles. The quantitative estimate of drug-likeness (QED) is 0.553. The fourth-order valence-corrected chi connectivity index (χ4v) is 3.15. The van der Waals surface area contributed by atoms with E-state index in [0.717, 1.165) is 4.57 Å². The van der Waals surface area contributed by atoms with Gasteiger partial charge in [-0.05, 0) is 13.3 Å². The van der Waals surface area contributed by atoms with Gasteiger partial charge in [-0.15, -0.1) is 0 Å². The Kier molecular flexibility index (Phi) is 4.20. The summed E-state index contributed by atoms with van der Waals surface area (Å²) < 4.78 is 8.08. The number of aromatic nitrogens is 4. The SMILES string of the molecule is CC[C@@H](O)[C@@H]1C[C@@H](O)[C@H](n2c(=O)n(CC)c3c(=O)[nH]c(N)nc32)O1. The van der Waals surface area contributed by atoms with Crippen LogP contribution in [0.3, 0.4) is 0 Å². The monoisotopic (exact) mass is 339 g/mol. The Labute approximate surface area is 136 Å². The number of anilines is 1. The number of nitrogens with two attached hydrogens (primary N) is 1. The van der Waals surface area contributed by atoms with Gasteiger partial charge in [-0.1, -0.05) is 6.92 Å². The summed E-state index contributed by atoms with van der Waals surface area (Å²) in [6.07, 6.45) is -2.74. The Bertz CT molecular complexity index is 869. The van der Waals surface area contributed by atoms with E-state index in [1.807, 2.05) is 0 Å². The smallest absolute Gasteiger partial charge is 0.332 e. The predicted octanol–water partition coefficient (Wildman–Crippen LogP) is -1.09. The van der Waals surface area contributed by atoms with Crippen molar-refractivity contribution < 1.29 is 14.9 Å². The van der Waals surface area contributed by atoms with Gasteiger partial charge in [0.25, 0.3) is 5.56 Å². The number of nitrogens with zero attached hydrogens (tertiary/aromatic N) is 3. The lowest BCUT2D eigenvalue weighted by molar-refractivity contribution is -0.0760. The first-order valence-electron chi connectivity index (χ1n) is 7.91. The molecule has 1 aliphatic rings. The highest BCUT2D eigenvalue weighted by Crippen LogP contribution is 2.32. The van der Waals surface area contributed by atoms with Crippen LogP contribution in [-0.4, -0.2) is 47.6 Å². The molecule has 0 amide bonds. The van der Waals surface area contributed by atoms with E-state index in [-0.39, 0.29) is 30.1 Å². The number of aromatic amines is 1. The zero-order chi connectivity index (χ0) is 17.6. The Morgan fingerprint density at radius 1 is 1.46 bits per heavy atom. The molecule has 10 heteroatoms. The number of imidazole rings is 1. The van der Waals surface area contributed by atoms with Gasteiger partial charge < -0.3 is 20.7 Å². The van der Waals surface area contributed by atoms with Crippen molar-refractivity contribution in [1.82, 2.24) is 19.1 Å². The Morgan fingerprint density at radius 3 is 2.79 bits per heavy atom. The van der Waals surface area contributed by atoms with Crippen LogP contribution in [0.1, 0.15) is 32.9 Å². The van der Waals surface area contributed by atoms with Gasteiger partial charge in [0.05, 0.1) is 12.2 Å². The van der Waals surface area contributed by atoms with E-state index in [1.165, 1.54) is 4.57 Å². The van der Waals surface area contributed by atoms with E-state index < -0.39 is 35.8 Å². The van der Waals surface area contributed by atoms with Crippen molar-refractivity contribution in [2.24, 2.45) is 0 Å². The van der Waals surface area contributed by atoms with Gasteiger partial charge in [0.1, 0.15) is 6.10 Å². The first-order chi connectivity index (χ1) is 11.4. The van der Waals surface area contributed by atoms with E-state index in [1.54, 1.807) is 13.8 Å². The first kappa shape index (κ1) is 16.7. The molecule has 1 fully saturated rings. The molecule has 0 aliphatic carbocycles. The standard InChI is InChI=1S/C14H21N5O5/c1-3-6(20)8-5-7(21)12(24-8)19-10-9(18(4-2)14(19)23)11(22)17-13(15)16-10/h6-8,12,20-21H,3-5H2,1-2H3,(H3,15,16,17,22)/t6-,7-,8+,12-/m1/s1. The van der Waals surface area contributed by atoms with E-state index in [2.05, 4.69) is 9.97 Å². The fourth-order valence-electron chi connectivity index (χ4n) is 3.15. The molecule has 0 aromatic carbocycles. The number of nitrogen functional groups attached to an aromatic ring is 1. The third-order valence-corrected chi connectivity index (χ3v) is 4.37. The molecule has 2 aromatic rings. The summed E-state index contributed by atoms with van der Waals surface area (Å²) in [5, 5.41) is 20.3. The second-order valence-corrected chi connectivity index (χ2v) is 5.86. The molecule has 3 rings (SSSR count). The Hall–Kier alpha value is -2.17. The number of ether oxygens (including phenoxy) is 1. The molecule has 5 N–H and O–H groups in total. The third-order valence-electron chi connectivity index (χ3n) is 4.37. The molecular formula is C14H21N5O5. The van der Waals surface area contributed by atoms with Gasteiger partial charge in [-0.3, -0.25) is 14.3 Å². The molecule has 132 valence electrons. The van der Waals surface area contributed by atoms with Gasteiger partial charge in [-0.2, -0.15) is 4.98 Å². The molecular weight excluding hydrogens is 318 g/mol. The number of aliphatic hydroxyl groups excluding tert-OH is 2. The highest BCUT2D eigenvalue weighted by molar-refractivity contribution is 5.71. The average molecular weight is 339 g/mol. The molecule has 0 bridgehead atoms. The van der Waals surface area contributed by atoms with Gasteiger partial charge >= 0.3 is 5.69 Å². The Morgan fingerprint density at radius 2 is 2.17 bits per heavy atom. The predicted molar refractivity (Wildman–Crippen MR) is 85.5 cm³/mol.